The van der Waals surface area contributed by atoms with E-state index in [0.29, 0.717) is 24.9 Å². The van der Waals surface area contributed by atoms with E-state index in [4.69, 9.17) is 4.42 Å². The van der Waals surface area contributed by atoms with Gasteiger partial charge in [-0.3, -0.25) is 4.98 Å². The second-order valence-corrected chi connectivity index (χ2v) is 8.16. The first-order chi connectivity index (χ1) is 13.1. The fourth-order valence-corrected chi connectivity index (χ4v) is 4.86. The van der Waals surface area contributed by atoms with E-state index in [2.05, 4.69) is 15.2 Å². The number of nitrogens with zero attached hydrogens (tertiary/aromatic N) is 4. The lowest BCUT2D eigenvalue weighted by molar-refractivity contribution is 0.220. The summed E-state index contributed by atoms with van der Waals surface area (Å²) in [6.45, 7) is 0.314. The third-order valence-corrected chi connectivity index (χ3v) is 6.39. The van der Waals surface area contributed by atoms with Gasteiger partial charge in [-0.2, -0.15) is 4.31 Å². The molecule has 7 nitrogen and oxygen atoms in total. The molecule has 0 spiro atoms. The van der Waals surface area contributed by atoms with Crippen molar-refractivity contribution in [3.05, 3.63) is 60.5 Å². The van der Waals surface area contributed by atoms with E-state index < -0.39 is 21.9 Å². The van der Waals surface area contributed by atoms with Gasteiger partial charge in [0.2, 0.25) is 21.8 Å². The largest absolute Gasteiger partial charge is 0.419 e. The molecule has 0 aliphatic carbocycles. The van der Waals surface area contributed by atoms with Crippen molar-refractivity contribution in [3.63, 3.8) is 0 Å². The molecule has 1 aliphatic heterocycles. The zero-order valence-electron chi connectivity index (χ0n) is 14.3. The van der Waals surface area contributed by atoms with E-state index in [-0.39, 0.29) is 16.7 Å². The molecular formula is C18H17FN4O3S. The molecule has 0 N–H and O–H groups in total. The van der Waals surface area contributed by atoms with Gasteiger partial charge in [-0.1, -0.05) is 12.5 Å². The normalized spacial score (nSPS) is 18.5. The van der Waals surface area contributed by atoms with Crippen LogP contribution in [-0.4, -0.2) is 34.4 Å². The van der Waals surface area contributed by atoms with Crippen LogP contribution in [0.5, 0.6) is 0 Å². The predicted octanol–water partition coefficient (Wildman–Crippen LogP) is 3.19. The van der Waals surface area contributed by atoms with Gasteiger partial charge in [0.1, 0.15) is 11.9 Å². The molecule has 0 bridgehead atoms. The Balaban J connectivity index is 1.68. The Bertz CT molecular complexity index is 1040. The summed E-state index contributed by atoms with van der Waals surface area (Å²) in [7, 11) is -3.88. The third-order valence-electron chi connectivity index (χ3n) is 4.49. The molecule has 1 aromatic carbocycles. The number of piperidine rings is 1. The lowest BCUT2D eigenvalue weighted by Gasteiger charge is -2.32. The van der Waals surface area contributed by atoms with Gasteiger partial charge in [-0.15, -0.1) is 10.2 Å². The third kappa shape index (κ3) is 3.47. The zero-order valence-corrected chi connectivity index (χ0v) is 15.1. The fraction of sp³-hybridized carbons (Fsp3) is 0.278. The summed E-state index contributed by atoms with van der Waals surface area (Å²) in [5.74, 6) is -0.0819. The predicted molar refractivity (Wildman–Crippen MR) is 94.4 cm³/mol. The first-order valence-corrected chi connectivity index (χ1v) is 10.0. The van der Waals surface area contributed by atoms with Crippen LogP contribution >= 0.6 is 0 Å². The molecule has 27 heavy (non-hydrogen) atoms. The van der Waals surface area contributed by atoms with Crippen LogP contribution in [0.25, 0.3) is 11.5 Å². The summed E-state index contributed by atoms with van der Waals surface area (Å²) >= 11 is 0. The Labute approximate surface area is 155 Å². The molecule has 3 aromatic rings. The Morgan fingerprint density at radius 1 is 1.15 bits per heavy atom. The van der Waals surface area contributed by atoms with Gasteiger partial charge in [0, 0.05) is 18.9 Å². The fourth-order valence-electron chi connectivity index (χ4n) is 3.18. The van der Waals surface area contributed by atoms with Crippen molar-refractivity contribution in [2.24, 2.45) is 0 Å². The number of pyridine rings is 1. The van der Waals surface area contributed by atoms with Crippen LogP contribution < -0.4 is 0 Å². The van der Waals surface area contributed by atoms with E-state index in [0.717, 1.165) is 12.5 Å². The SMILES string of the molecule is O=S(=O)(c1cccc(F)c1)N1CCCC[C@H]1c1nnc(-c2cccnc2)o1. The van der Waals surface area contributed by atoms with Gasteiger partial charge in [0.25, 0.3) is 0 Å². The van der Waals surface area contributed by atoms with Gasteiger partial charge in [0.15, 0.2) is 0 Å². The summed E-state index contributed by atoms with van der Waals surface area (Å²) in [5, 5.41) is 8.09. The van der Waals surface area contributed by atoms with Crippen molar-refractivity contribution in [1.29, 1.82) is 0 Å². The van der Waals surface area contributed by atoms with Crippen molar-refractivity contribution in [2.75, 3.05) is 6.54 Å². The van der Waals surface area contributed by atoms with Crippen molar-refractivity contribution in [1.82, 2.24) is 19.5 Å². The molecule has 1 saturated heterocycles. The molecule has 0 radical (unpaired) electrons. The van der Waals surface area contributed by atoms with Crippen molar-refractivity contribution >= 4 is 10.0 Å². The summed E-state index contributed by atoms with van der Waals surface area (Å²) in [5.41, 5.74) is 0.659. The second kappa shape index (κ2) is 7.16. The molecule has 0 unspecified atom stereocenters. The van der Waals surface area contributed by atoms with Crippen LogP contribution in [0.2, 0.25) is 0 Å². The van der Waals surface area contributed by atoms with Crippen LogP contribution in [0.4, 0.5) is 4.39 Å². The molecular weight excluding hydrogens is 371 g/mol. The highest BCUT2D eigenvalue weighted by Crippen LogP contribution is 2.35. The molecule has 0 amide bonds. The van der Waals surface area contributed by atoms with Crippen LogP contribution in [0, 0.1) is 5.82 Å². The molecule has 1 fully saturated rings. The van der Waals surface area contributed by atoms with E-state index >= 15 is 0 Å². The van der Waals surface area contributed by atoms with Gasteiger partial charge in [0.05, 0.1) is 10.5 Å². The summed E-state index contributed by atoms with van der Waals surface area (Å²) in [6.07, 6.45) is 5.34. The minimum atomic E-state index is -3.88. The van der Waals surface area contributed by atoms with E-state index in [1.54, 1.807) is 24.5 Å². The zero-order chi connectivity index (χ0) is 18.9. The molecule has 3 heterocycles. The van der Waals surface area contributed by atoms with Gasteiger partial charge >= 0.3 is 0 Å². The van der Waals surface area contributed by atoms with Crippen LogP contribution in [0.15, 0.2) is 58.1 Å². The van der Waals surface area contributed by atoms with Gasteiger partial charge in [-0.25, -0.2) is 12.8 Å². The lowest BCUT2D eigenvalue weighted by Crippen LogP contribution is -2.38. The number of halogens is 1. The number of benzene rings is 1. The Kier molecular flexibility index (Phi) is 4.71. The second-order valence-electron chi connectivity index (χ2n) is 6.27. The maximum Gasteiger partial charge on any atom is 0.249 e. The van der Waals surface area contributed by atoms with Crippen molar-refractivity contribution in [3.8, 4) is 11.5 Å². The Morgan fingerprint density at radius 2 is 2.04 bits per heavy atom. The maximum atomic E-state index is 13.5. The topological polar surface area (TPSA) is 89.2 Å². The van der Waals surface area contributed by atoms with Crippen molar-refractivity contribution in [2.45, 2.75) is 30.2 Å². The molecule has 4 rings (SSSR count). The number of hydrogen-bond donors (Lipinski definition) is 0. The molecule has 140 valence electrons. The molecule has 2 aromatic heterocycles. The number of sulfonamides is 1. The number of hydrogen-bond acceptors (Lipinski definition) is 6. The summed E-state index contributed by atoms with van der Waals surface area (Å²) in [4.78, 5) is 3.93. The summed E-state index contributed by atoms with van der Waals surface area (Å²) < 4.78 is 46.7. The first kappa shape index (κ1) is 17.7. The first-order valence-electron chi connectivity index (χ1n) is 8.57. The molecule has 1 aliphatic rings. The highest BCUT2D eigenvalue weighted by atomic mass is 32.2. The summed E-state index contributed by atoms with van der Waals surface area (Å²) in [6, 6.07) is 7.96. The van der Waals surface area contributed by atoms with Crippen molar-refractivity contribution < 1.29 is 17.2 Å². The minimum absolute atomic E-state index is 0.0820. The quantitative estimate of drug-likeness (QED) is 0.682. The van der Waals surface area contributed by atoms with Gasteiger partial charge in [-0.05, 0) is 43.2 Å². The Morgan fingerprint density at radius 3 is 2.81 bits per heavy atom. The number of aromatic nitrogens is 3. The molecule has 9 heteroatoms. The lowest BCUT2D eigenvalue weighted by atomic mass is 10.1. The average Bonchev–Trinajstić information content (AvgIpc) is 3.19. The number of rotatable bonds is 4. The van der Waals surface area contributed by atoms with E-state index in [1.165, 1.54) is 22.5 Å². The maximum absolute atomic E-state index is 13.5. The van der Waals surface area contributed by atoms with Crippen LogP contribution in [-0.2, 0) is 10.0 Å². The molecule has 1 atom stereocenters. The van der Waals surface area contributed by atoms with E-state index in [1.807, 2.05) is 0 Å². The standard InChI is InChI=1S/C18H17FN4O3S/c19-14-6-3-7-15(11-14)27(24,25)23-10-2-1-8-16(23)18-22-21-17(26-18)13-5-4-9-20-12-13/h3-7,9,11-12,16H,1-2,8,10H2/t16-/m0/s1. The molecule has 0 saturated carbocycles. The smallest absolute Gasteiger partial charge is 0.249 e. The highest BCUT2D eigenvalue weighted by molar-refractivity contribution is 7.89. The average molecular weight is 388 g/mol. The van der Waals surface area contributed by atoms with Crippen LogP contribution in [0.3, 0.4) is 0 Å². The minimum Gasteiger partial charge on any atom is -0.419 e. The van der Waals surface area contributed by atoms with Gasteiger partial charge < -0.3 is 4.42 Å². The van der Waals surface area contributed by atoms with Crippen LogP contribution in [0.1, 0.15) is 31.2 Å². The monoisotopic (exact) mass is 388 g/mol. The van der Waals surface area contributed by atoms with E-state index in [9.17, 15) is 12.8 Å². The highest BCUT2D eigenvalue weighted by Gasteiger charge is 2.37. The Hall–Kier alpha value is -2.65.